The molecule has 23 heavy (non-hydrogen) atoms. The van der Waals surface area contributed by atoms with Crippen molar-refractivity contribution in [2.45, 2.75) is 6.54 Å². The maximum Gasteiger partial charge on any atom is 0.294 e. The normalized spacial score (nSPS) is 11.1. The van der Waals surface area contributed by atoms with Gasteiger partial charge in [-0.15, -0.1) is 0 Å². The first-order valence-corrected chi connectivity index (χ1v) is 7.16. The summed E-state index contributed by atoms with van der Waals surface area (Å²) >= 11 is 0. The lowest BCUT2D eigenvalue weighted by atomic mass is 10.2. The molecule has 116 valence electrons. The second kappa shape index (κ2) is 6.74. The molecule has 0 aliphatic heterocycles. The molecule has 1 amide bonds. The number of amides is 1. The van der Waals surface area contributed by atoms with Gasteiger partial charge in [0.05, 0.1) is 6.26 Å². The van der Waals surface area contributed by atoms with Crippen LogP contribution in [0.1, 0.15) is 5.56 Å². The highest BCUT2D eigenvalue weighted by Gasteiger charge is 2.05. The highest BCUT2D eigenvalue weighted by Crippen LogP contribution is 2.09. The van der Waals surface area contributed by atoms with Crippen molar-refractivity contribution in [2.75, 3.05) is 6.54 Å². The predicted octanol–water partition coefficient (Wildman–Crippen LogP) is 1.82. The first-order valence-electron chi connectivity index (χ1n) is 7.16. The Morgan fingerprint density at radius 3 is 3.09 bits per heavy atom. The van der Waals surface area contributed by atoms with Crippen LogP contribution < -0.4 is 10.9 Å². The Kier molecular flexibility index (Phi) is 4.33. The monoisotopic (exact) mass is 309 g/mol. The fourth-order valence-corrected chi connectivity index (χ4v) is 2.17. The van der Waals surface area contributed by atoms with Crippen molar-refractivity contribution in [3.63, 3.8) is 0 Å². The van der Waals surface area contributed by atoms with Gasteiger partial charge in [-0.05, 0) is 29.8 Å². The van der Waals surface area contributed by atoms with Gasteiger partial charge >= 0.3 is 0 Å². The van der Waals surface area contributed by atoms with E-state index in [1.165, 1.54) is 16.9 Å². The molecule has 3 rings (SSSR count). The Hall–Kier alpha value is -3.15. The topological polar surface area (TPSA) is 77.1 Å². The Morgan fingerprint density at radius 2 is 2.26 bits per heavy atom. The van der Waals surface area contributed by atoms with Crippen LogP contribution >= 0.6 is 0 Å². The molecular formula is C17H15N3O3. The molecule has 0 atom stereocenters. The number of hydrogen-bond donors (Lipinski definition) is 1. The van der Waals surface area contributed by atoms with Gasteiger partial charge in [-0.3, -0.25) is 14.6 Å². The van der Waals surface area contributed by atoms with Crippen LogP contribution in [-0.2, 0) is 11.3 Å². The van der Waals surface area contributed by atoms with Gasteiger partial charge in [0, 0.05) is 43.1 Å². The number of nitrogens with zero attached hydrogens (tertiary/aromatic N) is 2. The van der Waals surface area contributed by atoms with Crippen LogP contribution in [0, 0.1) is 0 Å². The Balaban J connectivity index is 1.56. The number of carbonyl (C=O) groups is 1. The lowest BCUT2D eigenvalue weighted by Gasteiger charge is -2.05. The molecular weight excluding hydrogens is 294 g/mol. The number of rotatable bonds is 5. The number of hydrogen-bond acceptors (Lipinski definition) is 4. The zero-order valence-electron chi connectivity index (χ0n) is 12.3. The molecule has 3 heterocycles. The van der Waals surface area contributed by atoms with E-state index in [0.29, 0.717) is 18.7 Å². The first kappa shape index (κ1) is 14.8. The minimum absolute atomic E-state index is 0.201. The van der Waals surface area contributed by atoms with Crippen molar-refractivity contribution in [3.05, 3.63) is 71.1 Å². The van der Waals surface area contributed by atoms with Gasteiger partial charge in [0.2, 0.25) is 5.91 Å². The van der Waals surface area contributed by atoms with E-state index in [1.54, 1.807) is 36.8 Å². The van der Waals surface area contributed by atoms with Crippen molar-refractivity contribution in [1.82, 2.24) is 14.9 Å². The molecule has 6 heteroatoms. The van der Waals surface area contributed by atoms with E-state index < -0.39 is 0 Å². The van der Waals surface area contributed by atoms with E-state index in [4.69, 9.17) is 4.42 Å². The second-order valence-corrected chi connectivity index (χ2v) is 4.93. The highest BCUT2D eigenvalue weighted by molar-refractivity contribution is 5.91. The van der Waals surface area contributed by atoms with Gasteiger partial charge in [-0.2, -0.15) is 0 Å². The zero-order valence-corrected chi connectivity index (χ0v) is 12.3. The minimum atomic E-state index is -0.221. The molecule has 0 fully saturated rings. The molecule has 1 N–H and O–H groups in total. The molecule has 6 nitrogen and oxygen atoms in total. The SMILES string of the molecule is O=C(C=Cc1cccnc1)NCCn1ccc2ccoc2c1=O. The average molecular weight is 309 g/mol. The Labute approximate surface area is 132 Å². The predicted molar refractivity (Wildman–Crippen MR) is 86.8 cm³/mol. The molecule has 0 bridgehead atoms. The minimum Gasteiger partial charge on any atom is -0.459 e. The summed E-state index contributed by atoms with van der Waals surface area (Å²) in [4.78, 5) is 27.8. The van der Waals surface area contributed by atoms with E-state index >= 15 is 0 Å². The number of furan rings is 1. The number of nitrogens with one attached hydrogen (secondary N) is 1. The van der Waals surface area contributed by atoms with Crippen molar-refractivity contribution >= 4 is 23.0 Å². The van der Waals surface area contributed by atoms with E-state index in [1.807, 2.05) is 12.1 Å². The van der Waals surface area contributed by atoms with Crippen LogP contribution in [0.5, 0.6) is 0 Å². The summed E-state index contributed by atoms with van der Waals surface area (Å²) < 4.78 is 6.68. The fraction of sp³-hybridized carbons (Fsp3) is 0.118. The van der Waals surface area contributed by atoms with Gasteiger partial charge in [-0.1, -0.05) is 6.07 Å². The van der Waals surface area contributed by atoms with Crippen LogP contribution in [-0.4, -0.2) is 22.0 Å². The van der Waals surface area contributed by atoms with E-state index in [2.05, 4.69) is 10.3 Å². The van der Waals surface area contributed by atoms with Gasteiger partial charge in [-0.25, -0.2) is 0 Å². The molecule has 0 aliphatic rings. The second-order valence-electron chi connectivity index (χ2n) is 4.93. The molecule has 0 unspecified atom stereocenters. The van der Waals surface area contributed by atoms with Crippen LogP contribution in [0.25, 0.3) is 17.0 Å². The molecule has 0 saturated carbocycles. The van der Waals surface area contributed by atoms with Gasteiger partial charge in [0.25, 0.3) is 5.56 Å². The smallest absolute Gasteiger partial charge is 0.294 e. The van der Waals surface area contributed by atoms with Gasteiger partial charge in [0.1, 0.15) is 0 Å². The highest BCUT2D eigenvalue weighted by atomic mass is 16.3. The van der Waals surface area contributed by atoms with E-state index in [0.717, 1.165) is 10.9 Å². The van der Waals surface area contributed by atoms with Crippen molar-refractivity contribution in [1.29, 1.82) is 0 Å². The summed E-state index contributed by atoms with van der Waals surface area (Å²) in [6, 6.07) is 7.21. The summed E-state index contributed by atoms with van der Waals surface area (Å²) in [6.45, 7) is 0.726. The van der Waals surface area contributed by atoms with Crippen LogP contribution in [0.2, 0.25) is 0 Å². The number of pyridine rings is 2. The van der Waals surface area contributed by atoms with Crippen LogP contribution in [0.4, 0.5) is 0 Å². The number of carbonyl (C=O) groups excluding carboxylic acids is 1. The number of aromatic nitrogens is 2. The first-order chi connectivity index (χ1) is 11.2. The molecule has 3 aromatic rings. The molecule has 3 aromatic heterocycles. The maximum atomic E-state index is 12.1. The Bertz CT molecular complexity index is 894. The van der Waals surface area contributed by atoms with Gasteiger partial charge < -0.3 is 14.3 Å². The number of fused-ring (bicyclic) bond motifs is 1. The third-order valence-corrected chi connectivity index (χ3v) is 3.35. The summed E-state index contributed by atoms with van der Waals surface area (Å²) in [5.41, 5.74) is 0.977. The van der Waals surface area contributed by atoms with E-state index in [9.17, 15) is 9.59 Å². The van der Waals surface area contributed by atoms with Crippen LogP contribution in [0.15, 0.2) is 64.4 Å². The lowest BCUT2D eigenvalue weighted by Crippen LogP contribution is -2.29. The van der Waals surface area contributed by atoms with E-state index in [-0.39, 0.29) is 11.5 Å². The largest absolute Gasteiger partial charge is 0.459 e. The standard InChI is InChI=1S/C17H15N3O3/c21-15(4-3-13-2-1-7-18-12-13)19-8-10-20-9-5-14-6-11-23-16(14)17(20)22/h1-7,9,11-12H,8,10H2,(H,19,21). The zero-order chi connectivity index (χ0) is 16.1. The lowest BCUT2D eigenvalue weighted by molar-refractivity contribution is -0.116. The molecule has 0 aliphatic carbocycles. The molecule has 0 aromatic carbocycles. The quantitative estimate of drug-likeness (QED) is 0.729. The summed E-state index contributed by atoms with van der Waals surface area (Å²) in [5.74, 6) is -0.221. The molecule has 0 spiro atoms. The van der Waals surface area contributed by atoms with Crippen molar-refractivity contribution in [3.8, 4) is 0 Å². The van der Waals surface area contributed by atoms with Crippen molar-refractivity contribution < 1.29 is 9.21 Å². The third-order valence-electron chi connectivity index (χ3n) is 3.35. The molecule has 0 saturated heterocycles. The summed E-state index contributed by atoms with van der Waals surface area (Å²) in [5, 5.41) is 3.51. The fourth-order valence-electron chi connectivity index (χ4n) is 2.17. The Morgan fingerprint density at radius 1 is 1.35 bits per heavy atom. The average Bonchev–Trinajstić information content (AvgIpc) is 3.05. The molecule has 0 radical (unpaired) electrons. The summed E-state index contributed by atoms with van der Waals surface area (Å²) in [7, 11) is 0. The van der Waals surface area contributed by atoms with Crippen LogP contribution in [0.3, 0.4) is 0 Å². The van der Waals surface area contributed by atoms with Crippen molar-refractivity contribution in [2.24, 2.45) is 0 Å². The van der Waals surface area contributed by atoms with Gasteiger partial charge in [0.15, 0.2) is 5.58 Å². The summed E-state index contributed by atoms with van der Waals surface area (Å²) in [6.07, 6.45) is 9.64. The maximum absolute atomic E-state index is 12.1. The third kappa shape index (κ3) is 3.55.